The third-order valence-electron chi connectivity index (χ3n) is 2.70. The number of carbonyl (C=O) groups excluding carboxylic acids is 1. The van der Waals surface area contributed by atoms with Crippen LogP contribution in [0, 0.1) is 13.8 Å². The summed E-state index contributed by atoms with van der Waals surface area (Å²) >= 11 is 1.25. The molecule has 2 rings (SSSR count). The summed E-state index contributed by atoms with van der Waals surface area (Å²) in [5, 5.41) is 11.7. The Bertz CT molecular complexity index is 610. The number of tetrazole rings is 1. The normalized spacial score (nSPS) is 12.4. The third kappa shape index (κ3) is 2.93. The van der Waals surface area contributed by atoms with Gasteiger partial charge in [-0.15, -0.1) is 5.10 Å². The second kappa shape index (κ2) is 5.40. The number of thioether (sulfide) groups is 1. The summed E-state index contributed by atoms with van der Waals surface area (Å²) < 4.78 is 1.62. The van der Waals surface area contributed by atoms with Crippen LogP contribution in [0.1, 0.15) is 18.1 Å². The average Bonchev–Trinajstić information content (AvgIpc) is 2.77. The summed E-state index contributed by atoms with van der Waals surface area (Å²) in [7, 11) is 0. The fraction of sp³-hybridized carbons (Fsp3) is 0.333. The Morgan fingerprint density at radius 1 is 1.42 bits per heavy atom. The average molecular weight is 277 g/mol. The van der Waals surface area contributed by atoms with Gasteiger partial charge >= 0.3 is 0 Å². The molecule has 7 heteroatoms. The molecule has 6 nitrogen and oxygen atoms in total. The number of primary amides is 1. The van der Waals surface area contributed by atoms with E-state index in [0.717, 1.165) is 11.3 Å². The summed E-state index contributed by atoms with van der Waals surface area (Å²) in [6.07, 6.45) is 0. The van der Waals surface area contributed by atoms with E-state index in [-0.39, 0.29) is 11.2 Å². The molecule has 0 radical (unpaired) electrons. The zero-order valence-electron chi connectivity index (χ0n) is 11.0. The number of hydrogen-bond acceptors (Lipinski definition) is 5. The van der Waals surface area contributed by atoms with Gasteiger partial charge in [-0.2, -0.15) is 4.68 Å². The van der Waals surface area contributed by atoms with Crippen molar-refractivity contribution in [2.45, 2.75) is 31.2 Å². The summed E-state index contributed by atoms with van der Waals surface area (Å²) in [6, 6.07) is 6.01. The van der Waals surface area contributed by atoms with Gasteiger partial charge in [-0.1, -0.05) is 29.5 Å². The van der Waals surface area contributed by atoms with Crippen LogP contribution in [0.5, 0.6) is 0 Å². The minimum atomic E-state index is -0.389. The first-order valence-electron chi connectivity index (χ1n) is 5.81. The molecule has 0 aliphatic heterocycles. The highest BCUT2D eigenvalue weighted by atomic mass is 32.2. The van der Waals surface area contributed by atoms with Crippen molar-refractivity contribution in [2.24, 2.45) is 5.73 Å². The van der Waals surface area contributed by atoms with E-state index in [2.05, 4.69) is 21.6 Å². The van der Waals surface area contributed by atoms with E-state index in [9.17, 15) is 4.79 Å². The van der Waals surface area contributed by atoms with E-state index < -0.39 is 0 Å². The maximum atomic E-state index is 11.1. The molecular formula is C12H15N5OS. The molecule has 2 N–H and O–H groups in total. The van der Waals surface area contributed by atoms with Crippen molar-refractivity contribution in [1.29, 1.82) is 0 Å². The molecule has 19 heavy (non-hydrogen) atoms. The smallest absolute Gasteiger partial charge is 0.230 e. The van der Waals surface area contributed by atoms with Crippen molar-refractivity contribution in [2.75, 3.05) is 0 Å². The van der Waals surface area contributed by atoms with Gasteiger partial charge in [0.1, 0.15) is 0 Å². The molecule has 0 spiro atoms. The van der Waals surface area contributed by atoms with Crippen LogP contribution in [0.15, 0.2) is 23.4 Å². The van der Waals surface area contributed by atoms with E-state index in [1.54, 1.807) is 11.6 Å². The van der Waals surface area contributed by atoms with Gasteiger partial charge in [0.2, 0.25) is 11.1 Å². The molecule has 0 aliphatic rings. The molecule has 1 aromatic carbocycles. The van der Waals surface area contributed by atoms with E-state index in [1.807, 2.05) is 26.0 Å². The Morgan fingerprint density at radius 2 is 2.16 bits per heavy atom. The van der Waals surface area contributed by atoms with Crippen LogP contribution < -0.4 is 5.73 Å². The highest BCUT2D eigenvalue weighted by Gasteiger charge is 2.17. The number of nitrogens with two attached hydrogens (primary N) is 1. The van der Waals surface area contributed by atoms with Gasteiger partial charge in [0.15, 0.2) is 0 Å². The number of rotatable bonds is 4. The molecule has 2 aromatic rings. The van der Waals surface area contributed by atoms with Crippen LogP contribution >= 0.6 is 11.8 Å². The number of carbonyl (C=O) groups is 1. The molecule has 0 bridgehead atoms. The Morgan fingerprint density at radius 3 is 2.79 bits per heavy atom. The number of aromatic nitrogens is 4. The minimum Gasteiger partial charge on any atom is -0.369 e. The Balaban J connectivity index is 2.36. The number of hydrogen-bond donors (Lipinski definition) is 1. The molecule has 100 valence electrons. The van der Waals surface area contributed by atoms with Crippen molar-refractivity contribution < 1.29 is 4.79 Å². The molecular weight excluding hydrogens is 262 g/mol. The number of amides is 1. The number of aryl methyl sites for hydroxylation is 2. The maximum absolute atomic E-state index is 11.1. The fourth-order valence-corrected chi connectivity index (χ4v) is 2.41. The highest BCUT2D eigenvalue weighted by Crippen LogP contribution is 2.24. The number of nitrogens with zero attached hydrogens (tertiary/aromatic N) is 4. The Labute approximate surface area is 115 Å². The third-order valence-corrected chi connectivity index (χ3v) is 3.76. The van der Waals surface area contributed by atoms with E-state index in [1.165, 1.54) is 17.3 Å². The van der Waals surface area contributed by atoms with E-state index in [0.29, 0.717) is 5.16 Å². The molecule has 0 saturated heterocycles. The molecule has 1 atom stereocenters. The maximum Gasteiger partial charge on any atom is 0.230 e. The van der Waals surface area contributed by atoms with Gasteiger partial charge < -0.3 is 5.73 Å². The van der Waals surface area contributed by atoms with Gasteiger partial charge in [-0.25, -0.2) is 0 Å². The van der Waals surface area contributed by atoms with Crippen LogP contribution in [0.3, 0.4) is 0 Å². The first-order chi connectivity index (χ1) is 8.99. The molecule has 0 saturated carbocycles. The van der Waals surface area contributed by atoms with Crippen LogP contribution in [0.4, 0.5) is 0 Å². The van der Waals surface area contributed by atoms with Crippen LogP contribution in [-0.4, -0.2) is 31.4 Å². The second-order valence-electron chi connectivity index (χ2n) is 4.33. The largest absolute Gasteiger partial charge is 0.369 e. The minimum absolute atomic E-state index is 0.379. The van der Waals surface area contributed by atoms with Crippen LogP contribution in [0.2, 0.25) is 0 Å². The first-order valence-corrected chi connectivity index (χ1v) is 6.69. The van der Waals surface area contributed by atoms with Crippen LogP contribution in [-0.2, 0) is 4.79 Å². The summed E-state index contributed by atoms with van der Waals surface area (Å²) in [6.45, 7) is 5.76. The van der Waals surface area contributed by atoms with Crippen molar-refractivity contribution in [3.63, 3.8) is 0 Å². The molecule has 1 heterocycles. The van der Waals surface area contributed by atoms with Gasteiger partial charge in [-0.3, -0.25) is 4.79 Å². The zero-order valence-corrected chi connectivity index (χ0v) is 11.8. The fourth-order valence-electron chi connectivity index (χ4n) is 1.66. The van der Waals surface area contributed by atoms with Gasteiger partial charge in [0.05, 0.1) is 10.9 Å². The summed E-state index contributed by atoms with van der Waals surface area (Å²) in [5.41, 5.74) is 8.40. The molecule has 0 fully saturated rings. The lowest BCUT2D eigenvalue weighted by Crippen LogP contribution is -2.23. The lowest BCUT2D eigenvalue weighted by atomic mass is 10.1. The monoisotopic (exact) mass is 277 g/mol. The van der Waals surface area contributed by atoms with Crippen LogP contribution in [0.25, 0.3) is 5.69 Å². The predicted octanol–water partition coefficient (Wildman–Crippen LogP) is 1.25. The SMILES string of the molecule is Cc1ccc(-n2nnnc2S[C@@H](C)C(N)=O)c(C)c1. The second-order valence-corrected chi connectivity index (χ2v) is 5.63. The Kier molecular flexibility index (Phi) is 3.84. The standard InChI is InChI=1S/C12H15N5OS/c1-7-4-5-10(8(2)6-7)17-12(14-15-16-17)19-9(3)11(13)18/h4-6,9H,1-3H3,(H2,13,18)/t9-/m0/s1. The first kappa shape index (κ1) is 13.5. The number of benzene rings is 1. The molecule has 0 aliphatic carbocycles. The van der Waals surface area contributed by atoms with Gasteiger partial charge in [0, 0.05) is 0 Å². The van der Waals surface area contributed by atoms with Crippen molar-refractivity contribution in [3.05, 3.63) is 29.3 Å². The zero-order chi connectivity index (χ0) is 14.0. The Hall–Kier alpha value is -1.89. The predicted molar refractivity (Wildman–Crippen MR) is 73.1 cm³/mol. The summed E-state index contributed by atoms with van der Waals surface area (Å²) in [4.78, 5) is 11.1. The molecule has 1 amide bonds. The van der Waals surface area contributed by atoms with E-state index in [4.69, 9.17) is 5.73 Å². The highest BCUT2D eigenvalue weighted by molar-refractivity contribution is 8.00. The van der Waals surface area contributed by atoms with Crippen molar-refractivity contribution in [1.82, 2.24) is 20.2 Å². The van der Waals surface area contributed by atoms with E-state index >= 15 is 0 Å². The van der Waals surface area contributed by atoms with Gasteiger partial charge in [-0.05, 0) is 42.8 Å². The molecule has 1 aromatic heterocycles. The topological polar surface area (TPSA) is 86.7 Å². The quantitative estimate of drug-likeness (QED) is 0.850. The lowest BCUT2D eigenvalue weighted by Gasteiger charge is -2.09. The van der Waals surface area contributed by atoms with Crippen molar-refractivity contribution >= 4 is 17.7 Å². The van der Waals surface area contributed by atoms with Crippen molar-refractivity contribution in [3.8, 4) is 5.69 Å². The lowest BCUT2D eigenvalue weighted by molar-refractivity contribution is -0.117. The van der Waals surface area contributed by atoms with Gasteiger partial charge in [0.25, 0.3) is 0 Å². The molecule has 0 unspecified atom stereocenters. The summed E-state index contributed by atoms with van der Waals surface area (Å²) in [5.74, 6) is -0.389.